The monoisotopic (exact) mass is 284 g/mol. The van der Waals surface area contributed by atoms with E-state index < -0.39 is 4.92 Å². The van der Waals surface area contributed by atoms with E-state index in [-0.39, 0.29) is 5.69 Å². The Balaban J connectivity index is 1.96. The van der Waals surface area contributed by atoms with E-state index in [0.29, 0.717) is 23.1 Å². The molecule has 0 aliphatic heterocycles. The van der Waals surface area contributed by atoms with E-state index in [4.69, 9.17) is 0 Å². The molecule has 2 heterocycles. The molecule has 2 aromatic heterocycles. The Hall–Kier alpha value is -3.03. The van der Waals surface area contributed by atoms with E-state index in [2.05, 4.69) is 20.4 Å². The summed E-state index contributed by atoms with van der Waals surface area (Å²) >= 11 is 0. The molecule has 3 rings (SSSR count). The number of hydrogen-bond acceptors (Lipinski definition) is 6. The van der Waals surface area contributed by atoms with Gasteiger partial charge in [0.15, 0.2) is 5.82 Å². The molecule has 0 saturated heterocycles. The van der Waals surface area contributed by atoms with Gasteiger partial charge in [-0.2, -0.15) is 5.10 Å². The molecule has 0 amide bonds. The molecule has 0 spiro atoms. The average molecular weight is 284 g/mol. The van der Waals surface area contributed by atoms with Crippen molar-refractivity contribution in [2.45, 2.75) is 6.54 Å². The lowest BCUT2D eigenvalue weighted by Crippen LogP contribution is -2.03. The smallest absolute Gasteiger partial charge is 0.277 e. The van der Waals surface area contributed by atoms with Crippen molar-refractivity contribution >= 4 is 22.1 Å². The minimum absolute atomic E-state index is 0.0638. The fraction of sp³-hybridized carbons (Fsp3) is 0.154. The quantitative estimate of drug-likeness (QED) is 0.580. The summed E-state index contributed by atoms with van der Waals surface area (Å²) < 4.78 is 1.62. The lowest BCUT2D eigenvalue weighted by Gasteiger charge is -2.08. The standard InChI is InChI=1S/C13H12N6O2/c1-18-8-16-13(17-18)7-15-11-2-3-12(19(20)21)9-4-5-14-6-10(9)11/h2-6,8,15H,7H2,1H3. The molecule has 1 aromatic carbocycles. The number of rotatable bonds is 4. The van der Waals surface area contributed by atoms with Crippen molar-refractivity contribution in [1.82, 2.24) is 19.7 Å². The SMILES string of the molecule is Cn1cnc(CNc2ccc([N+](=O)[O-])c3ccncc23)n1. The number of nitro groups is 1. The molecule has 0 aliphatic carbocycles. The van der Waals surface area contributed by atoms with Crippen LogP contribution in [0.15, 0.2) is 36.9 Å². The number of aromatic nitrogens is 4. The largest absolute Gasteiger partial charge is 0.377 e. The van der Waals surface area contributed by atoms with Gasteiger partial charge in [-0.1, -0.05) is 0 Å². The highest BCUT2D eigenvalue weighted by Gasteiger charge is 2.14. The van der Waals surface area contributed by atoms with Crippen molar-refractivity contribution in [2.75, 3.05) is 5.32 Å². The second kappa shape index (κ2) is 5.16. The summed E-state index contributed by atoms with van der Waals surface area (Å²) in [5.41, 5.74) is 0.824. The molecule has 0 radical (unpaired) electrons. The van der Waals surface area contributed by atoms with Crippen LogP contribution in [-0.2, 0) is 13.6 Å². The summed E-state index contributed by atoms with van der Waals surface area (Å²) in [6.07, 6.45) is 4.77. The van der Waals surface area contributed by atoms with Crippen LogP contribution in [0.5, 0.6) is 0 Å². The van der Waals surface area contributed by atoms with Crippen molar-refractivity contribution < 1.29 is 4.92 Å². The van der Waals surface area contributed by atoms with Gasteiger partial charge in [0.2, 0.25) is 0 Å². The summed E-state index contributed by atoms with van der Waals surface area (Å²) in [5.74, 6) is 0.646. The maximum absolute atomic E-state index is 11.1. The van der Waals surface area contributed by atoms with Crippen LogP contribution in [0.2, 0.25) is 0 Å². The van der Waals surface area contributed by atoms with E-state index in [0.717, 1.165) is 5.69 Å². The van der Waals surface area contributed by atoms with Gasteiger partial charge in [-0.05, 0) is 12.1 Å². The molecule has 3 aromatic rings. The van der Waals surface area contributed by atoms with Gasteiger partial charge in [0.25, 0.3) is 5.69 Å². The Labute approximate surface area is 119 Å². The number of nitrogens with zero attached hydrogens (tertiary/aromatic N) is 5. The van der Waals surface area contributed by atoms with Gasteiger partial charge in [-0.3, -0.25) is 19.8 Å². The Morgan fingerprint density at radius 2 is 2.19 bits per heavy atom. The van der Waals surface area contributed by atoms with Gasteiger partial charge in [0, 0.05) is 36.6 Å². The number of pyridine rings is 1. The number of fused-ring (bicyclic) bond motifs is 1. The molecule has 0 atom stereocenters. The summed E-state index contributed by atoms with van der Waals surface area (Å²) in [6, 6.07) is 4.79. The van der Waals surface area contributed by atoms with Crippen LogP contribution < -0.4 is 5.32 Å². The number of aryl methyl sites for hydroxylation is 1. The zero-order chi connectivity index (χ0) is 14.8. The Kier molecular flexibility index (Phi) is 3.19. The van der Waals surface area contributed by atoms with Gasteiger partial charge in [0.1, 0.15) is 6.33 Å². The molecule has 0 unspecified atom stereocenters. The van der Waals surface area contributed by atoms with Gasteiger partial charge >= 0.3 is 0 Å². The van der Waals surface area contributed by atoms with E-state index in [1.54, 1.807) is 42.6 Å². The third-order valence-corrected chi connectivity index (χ3v) is 3.08. The number of non-ortho nitro benzene ring substituents is 1. The second-order valence-electron chi connectivity index (χ2n) is 4.50. The molecule has 0 bridgehead atoms. The zero-order valence-electron chi connectivity index (χ0n) is 11.2. The van der Waals surface area contributed by atoms with E-state index in [9.17, 15) is 10.1 Å². The first-order valence-corrected chi connectivity index (χ1v) is 6.24. The highest BCUT2D eigenvalue weighted by Crippen LogP contribution is 2.30. The minimum Gasteiger partial charge on any atom is -0.377 e. The summed E-state index contributed by atoms with van der Waals surface area (Å²) in [6.45, 7) is 0.433. The van der Waals surface area contributed by atoms with Crippen LogP contribution >= 0.6 is 0 Å². The molecule has 0 aliphatic rings. The first-order chi connectivity index (χ1) is 10.1. The van der Waals surface area contributed by atoms with Crippen LogP contribution in [0.4, 0.5) is 11.4 Å². The third-order valence-electron chi connectivity index (χ3n) is 3.08. The number of hydrogen-bond donors (Lipinski definition) is 1. The minimum atomic E-state index is -0.396. The molecular weight excluding hydrogens is 272 g/mol. The van der Waals surface area contributed by atoms with Crippen LogP contribution in [0.25, 0.3) is 10.8 Å². The van der Waals surface area contributed by atoms with Crippen molar-refractivity contribution in [3.8, 4) is 0 Å². The molecule has 106 valence electrons. The Bertz CT molecular complexity index is 813. The average Bonchev–Trinajstić information content (AvgIpc) is 2.90. The van der Waals surface area contributed by atoms with Crippen LogP contribution in [0, 0.1) is 10.1 Å². The van der Waals surface area contributed by atoms with E-state index in [1.165, 1.54) is 6.07 Å². The van der Waals surface area contributed by atoms with Crippen LogP contribution in [-0.4, -0.2) is 24.7 Å². The maximum Gasteiger partial charge on any atom is 0.277 e. The predicted octanol–water partition coefficient (Wildman–Crippen LogP) is 1.88. The van der Waals surface area contributed by atoms with Gasteiger partial charge in [-0.15, -0.1) is 0 Å². The fourth-order valence-electron chi connectivity index (χ4n) is 2.13. The van der Waals surface area contributed by atoms with Gasteiger partial charge in [0.05, 0.1) is 16.9 Å². The second-order valence-corrected chi connectivity index (χ2v) is 4.50. The highest BCUT2D eigenvalue weighted by atomic mass is 16.6. The lowest BCUT2D eigenvalue weighted by atomic mass is 10.1. The van der Waals surface area contributed by atoms with Crippen molar-refractivity contribution in [3.63, 3.8) is 0 Å². The van der Waals surface area contributed by atoms with Gasteiger partial charge < -0.3 is 5.32 Å². The summed E-state index contributed by atoms with van der Waals surface area (Å²) in [7, 11) is 1.79. The Morgan fingerprint density at radius 3 is 2.90 bits per heavy atom. The van der Waals surface area contributed by atoms with E-state index >= 15 is 0 Å². The van der Waals surface area contributed by atoms with Crippen LogP contribution in [0.3, 0.4) is 0 Å². The van der Waals surface area contributed by atoms with Crippen molar-refractivity contribution in [1.29, 1.82) is 0 Å². The van der Waals surface area contributed by atoms with Gasteiger partial charge in [-0.25, -0.2) is 4.98 Å². The molecule has 1 N–H and O–H groups in total. The molecule has 21 heavy (non-hydrogen) atoms. The molecule has 8 heteroatoms. The Morgan fingerprint density at radius 1 is 1.33 bits per heavy atom. The normalized spacial score (nSPS) is 10.7. The zero-order valence-corrected chi connectivity index (χ0v) is 11.2. The van der Waals surface area contributed by atoms with Crippen molar-refractivity contribution in [3.05, 3.63) is 52.9 Å². The summed E-state index contributed by atoms with van der Waals surface area (Å²) in [5, 5.41) is 19.7. The first-order valence-electron chi connectivity index (χ1n) is 6.24. The lowest BCUT2D eigenvalue weighted by molar-refractivity contribution is -0.383. The van der Waals surface area contributed by atoms with E-state index in [1.807, 2.05) is 0 Å². The molecule has 0 fully saturated rings. The summed E-state index contributed by atoms with van der Waals surface area (Å²) in [4.78, 5) is 18.8. The number of nitrogens with one attached hydrogen (secondary N) is 1. The van der Waals surface area contributed by atoms with Crippen LogP contribution in [0.1, 0.15) is 5.82 Å². The topological polar surface area (TPSA) is 98.8 Å². The highest BCUT2D eigenvalue weighted by molar-refractivity contribution is 5.99. The number of benzene rings is 1. The third kappa shape index (κ3) is 2.50. The number of nitro benzene ring substituents is 1. The fourth-order valence-corrected chi connectivity index (χ4v) is 2.13. The maximum atomic E-state index is 11.1. The molecular formula is C13H12N6O2. The number of anilines is 1. The predicted molar refractivity (Wildman–Crippen MR) is 76.7 cm³/mol. The molecule has 8 nitrogen and oxygen atoms in total. The first kappa shape index (κ1) is 13.0. The molecule has 0 saturated carbocycles. The van der Waals surface area contributed by atoms with Crippen molar-refractivity contribution in [2.24, 2.45) is 7.05 Å².